The monoisotopic (exact) mass is 247 g/mol. The summed E-state index contributed by atoms with van der Waals surface area (Å²) < 4.78 is 6.51. The minimum Gasteiger partial charge on any atom is -0.410 e. The first-order chi connectivity index (χ1) is 7.81. The fourth-order valence-corrected chi connectivity index (χ4v) is 3.41. The first-order valence-corrected chi connectivity index (χ1v) is 9.39. The van der Waals surface area contributed by atoms with Gasteiger partial charge in [0.25, 0.3) is 0 Å². The van der Waals surface area contributed by atoms with Gasteiger partial charge in [-0.2, -0.15) is 0 Å². The van der Waals surface area contributed by atoms with E-state index in [-0.39, 0.29) is 5.04 Å². The molecule has 0 saturated carbocycles. The van der Waals surface area contributed by atoms with E-state index in [0.717, 1.165) is 12.8 Å². The summed E-state index contributed by atoms with van der Waals surface area (Å²) >= 11 is 0. The molecule has 1 atom stereocenters. The predicted molar refractivity (Wildman–Crippen MR) is 74.6 cm³/mol. The van der Waals surface area contributed by atoms with Crippen LogP contribution in [0, 0.1) is 6.07 Å². The van der Waals surface area contributed by atoms with Crippen molar-refractivity contribution in [2.75, 3.05) is 0 Å². The second-order valence-electron chi connectivity index (χ2n) is 6.53. The SMILES string of the molecule is CC(C)(C)[Si](C)(C)OC1CCc2cc[c]cc21. The Labute approximate surface area is 106 Å². The van der Waals surface area contributed by atoms with E-state index in [4.69, 9.17) is 4.43 Å². The lowest BCUT2D eigenvalue weighted by Gasteiger charge is -2.38. The van der Waals surface area contributed by atoms with Gasteiger partial charge >= 0.3 is 0 Å². The Bertz CT molecular complexity index is 404. The van der Waals surface area contributed by atoms with Gasteiger partial charge in [0.15, 0.2) is 8.32 Å². The number of aryl methyl sites for hydroxylation is 1. The van der Waals surface area contributed by atoms with Crippen LogP contribution in [0.15, 0.2) is 18.2 Å². The van der Waals surface area contributed by atoms with Crippen LogP contribution < -0.4 is 0 Å². The maximum atomic E-state index is 6.51. The summed E-state index contributed by atoms with van der Waals surface area (Å²) in [5.41, 5.74) is 2.82. The summed E-state index contributed by atoms with van der Waals surface area (Å²) in [6.45, 7) is 11.6. The lowest BCUT2D eigenvalue weighted by molar-refractivity contribution is 0.185. The van der Waals surface area contributed by atoms with Crippen molar-refractivity contribution in [3.63, 3.8) is 0 Å². The molecule has 0 aromatic heterocycles. The quantitative estimate of drug-likeness (QED) is 0.699. The van der Waals surface area contributed by atoms with Crippen LogP contribution in [0.3, 0.4) is 0 Å². The molecule has 17 heavy (non-hydrogen) atoms. The van der Waals surface area contributed by atoms with Crippen LogP contribution in [0.4, 0.5) is 0 Å². The van der Waals surface area contributed by atoms with Gasteiger partial charge in [0.05, 0.1) is 6.10 Å². The molecule has 1 radical (unpaired) electrons. The zero-order valence-corrected chi connectivity index (χ0v) is 12.6. The van der Waals surface area contributed by atoms with Gasteiger partial charge in [0, 0.05) is 0 Å². The van der Waals surface area contributed by atoms with E-state index in [9.17, 15) is 0 Å². The molecule has 0 fully saturated rings. The molecule has 0 heterocycles. The van der Waals surface area contributed by atoms with Crippen molar-refractivity contribution in [1.82, 2.24) is 0 Å². The van der Waals surface area contributed by atoms with E-state index >= 15 is 0 Å². The van der Waals surface area contributed by atoms with Crippen molar-refractivity contribution in [3.8, 4) is 0 Å². The molecule has 0 bridgehead atoms. The topological polar surface area (TPSA) is 9.23 Å². The van der Waals surface area contributed by atoms with E-state index in [1.54, 1.807) is 0 Å². The molecule has 1 aromatic carbocycles. The highest BCUT2D eigenvalue weighted by molar-refractivity contribution is 6.74. The standard InChI is InChI=1S/C15H23OSi/c1-15(2,3)17(4,5)16-14-11-10-12-8-6-7-9-13(12)14/h6,8-9,14H,10-11H2,1-5H3. The first kappa shape index (κ1) is 12.8. The number of benzene rings is 1. The molecular formula is C15H23OSi. The Kier molecular flexibility index (Phi) is 3.21. The van der Waals surface area contributed by atoms with Crippen LogP contribution in [0.2, 0.25) is 18.1 Å². The summed E-state index contributed by atoms with van der Waals surface area (Å²) in [6, 6.07) is 9.49. The van der Waals surface area contributed by atoms with Gasteiger partial charge in [-0.05, 0) is 54.2 Å². The minimum atomic E-state index is -1.65. The fraction of sp³-hybridized carbons (Fsp3) is 0.600. The molecule has 1 nitrogen and oxygen atoms in total. The van der Waals surface area contributed by atoms with Crippen molar-refractivity contribution in [2.24, 2.45) is 0 Å². The second kappa shape index (κ2) is 4.25. The molecule has 0 spiro atoms. The van der Waals surface area contributed by atoms with Gasteiger partial charge in [-0.25, -0.2) is 0 Å². The van der Waals surface area contributed by atoms with Crippen molar-refractivity contribution in [1.29, 1.82) is 0 Å². The van der Waals surface area contributed by atoms with E-state index < -0.39 is 8.32 Å². The number of hydrogen-bond donors (Lipinski definition) is 0. The Morgan fingerprint density at radius 1 is 1.35 bits per heavy atom. The third-order valence-electron chi connectivity index (χ3n) is 4.26. The van der Waals surface area contributed by atoms with Crippen molar-refractivity contribution < 1.29 is 4.43 Å². The Hall–Kier alpha value is -0.603. The summed E-state index contributed by atoms with van der Waals surface area (Å²) in [5, 5.41) is 0.286. The molecular weight excluding hydrogens is 224 g/mol. The second-order valence-corrected chi connectivity index (χ2v) is 11.3. The number of hydrogen-bond acceptors (Lipinski definition) is 1. The zero-order chi connectivity index (χ0) is 12.7. The molecule has 0 amide bonds. The molecule has 0 N–H and O–H groups in total. The van der Waals surface area contributed by atoms with Crippen LogP contribution in [-0.4, -0.2) is 8.32 Å². The van der Waals surface area contributed by atoms with Crippen LogP contribution in [-0.2, 0) is 10.8 Å². The molecule has 2 heteroatoms. The van der Waals surface area contributed by atoms with E-state index in [2.05, 4.69) is 52.1 Å². The maximum absolute atomic E-state index is 6.51. The Morgan fingerprint density at radius 3 is 2.71 bits per heavy atom. The van der Waals surface area contributed by atoms with Crippen LogP contribution in [0.1, 0.15) is 44.4 Å². The van der Waals surface area contributed by atoms with Gasteiger partial charge < -0.3 is 4.43 Å². The third kappa shape index (κ3) is 2.48. The van der Waals surface area contributed by atoms with Crippen LogP contribution in [0.25, 0.3) is 0 Å². The largest absolute Gasteiger partial charge is 0.410 e. The average molecular weight is 247 g/mol. The highest BCUT2D eigenvalue weighted by atomic mass is 28.4. The van der Waals surface area contributed by atoms with E-state index in [0.29, 0.717) is 6.10 Å². The molecule has 1 unspecified atom stereocenters. The third-order valence-corrected chi connectivity index (χ3v) is 8.74. The fourth-order valence-electron chi connectivity index (χ4n) is 2.10. The van der Waals surface area contributed by atoms with E-state index in [1.165, 1.54) is 11.1 Å². The summed E-state index contributed by atoms with van der Waals surface area (Å²) in [5.74, 6) is 0. The van der Waals surface area contributed by atoms with Gasteiger partial charge in [0.1, 0.15) is 0 Å². The lowest BCUT2D eigenvalue weighted by atomic mass is 10.1. The normalized spacial score (nSPS) is 20.4. The zero-order valence-electron chi connectivity index (χ0n) is 11.6. The van der Waals surface area contributed by atoms with Crippen LogP contribution >= 0.6 is 0 Å². The lowest BCUT2D eigenvalue weighted by Crippen LogP contribution is -2.41. The summed E-state index contributed by atoms with van der Waals surface area (Å²) in [6.07, 6.45) is 2.60. The molecule has 1 aliphatic rings. The maximum Gasteiger partial charge on any atom is 0.192 e. The highest BCUT2D eigenvalue weighted by Gasteiger charge is 2.40. The summed E-state index contributed by atoms with van der Waals surface area (Å²) in [7, 11) is -1.65. The van der Waals surface area contributed by atoms with Crippen LogP contribution in [0.5, 0.6) is 0 Å². The van der Waals surface area contributed by atoms with E-state index in [1.807, 2.05) is 6.07 Å². The van der Waals surface area contributed by atoms with Gasteiger partial charge in [-0.1, -0.05) is 32.9 Å². The van der Waals surface area contributed by atoms with Crippen molar-refractivity contribution >= 4 is 8.32 Å². The first-order valence-electron chi connectivity index (χ1n) is 6.48. The minimum absolute atomic E-state index is 0.286. The molecule has 0 saturated heterocycles. The molecule has 1 aromatic rings. The smallest absolute Gasteiger partial charge is 0.192 e. The number of rotatable bonds is 2. The highest BCUT2D eigenvalue weighted by Crippen LogP contribution is 2.43. The number of fused-ring (bicyclic) bond motifs is 1. The van der Waals surface area contributed by atoms with Gasteiger partial charge in [-0.15, -0.1) is 0 Å². The molecule has 93 valence electrons. The van der Waals surface area contributed by atoms with Gasteiger partial charge in [0.2, 0.25) is 0 Å². The van der Waals surface area contributed by atoms with Crippen molar-refractivity contribution in [3.05, 3.63) is 35.4 Å². The Balaban J connectivity index is 2.18. The molecule has 1 aliphatic carbocycles. The molecule has 0 aliphatic heterocycles. The average Bonchev–Trinajstić information content (AvgIpc) is 2.60. The predicted octanol–water partition coefficient (Wildman–Crippen LogP) is 4.50. The summed E-state index contributed by atoms with van der Waals surface area (Å²) in [4.78, 5) is 0. The van der Waals surface area contributed by atoms with Gasteiger partial charge in [-0.3, -0.25) is 0 Å². The molecule has 2 rings (SSSR count). The van der Waals surface area contributed by atoms with Crippen molar-refractivity contribution in [2.45, 2.75) is 57.8 Å². The Morgan fingerprint density at radius 2 is 2.06 bits per heavy atom.